The molecular weight excluding hydrogens is 246 g/mol. The van der Waals surface area contributed by atoms with Gasteiger partial charge >= 0.3 is 0 Å². The number of hydrogen-bond donors (Lipinski definition) is 1. The summed E-state index contributed by atoms with van der Waals surface area (Å²) in [7, 11) is 1.63. The number of benzene rings is 2. The molecule has 2 aromatic carbocycles. The van der Waals surface area contributed by atoms with E-state index in [9.17, 15) is 0 Å². The van der Waals surface area contributed by atoms with Crippen LogP contribution in [0, 0.1) is 0 Å². The first-order valence-electron chi connectivity index (χ1n) is 5.97. The van der Waals surface area contributed by atoms with E-state index in [1.54, 1.807) is 7.11 Å². The Kier molecular flexibility index (Phi) is 4.62. The van der Waals surface area contributed by atoms with E-state index >= 15 is 0 Å². The van der Waals surface area contributed by atoms with Gasteiger partial charge in [0, 0.05) is 11.1 Å². The number of rotatable bonds is 5. The number of nitrogens with two attached hydrogens (primary N) is 1. The summed E-state index contributed by atoms with van der Waals surface area (Å²) >= 11 is 6.09. The van der Waals surface area contributed by atoms with Crippen LogP contribution in [0.15, 0.2) is 48.5 Å². The van der Waals surface area contributed by atoms with Gasteiger partial charge in [0.25, 0.3) is 0 Å². The van der Waals surface area contributed by atoms with Crippen molar-refractivity contribution in [2.45, 2.75) is 13.1 Å². The lowest BCUT2D eigenvalue weighted by molar-refractivity contribution is -0.686. The Morgan fingerprint density at radius 2 is 1.72 bits per heavy atom. The Balaban J connectivity index is 1.89. The first-order valence-corrected chi connectivity index (χ1v) is 6.35. The minimum Gasteiger partial charge on any atom is -0.495 e. The van der Waals surface area contributed by atoms with Gasteiger partial charge in [-0.05, 0) is 18.2 Å². The van der Waals surface area contributed by atoms with Crippen LogP contribution in [0.25, 0.3) is 0 Å². The van der Waals surface area contributed by atoms with Gasteiger partial charge in [-0.2, -0.15) is 0 Å². The summed E-state index contributed by atoms with van der Waals surface area (Å²) in [6, 6.07) is 16.4. The van der Waals surface area contributed by atoms with Crippen molar-refractivity contribution in [3.05, 3.63) is 64.7 Å². The zero-order valence-electron chi connectivity index (χ0n) is 10.4. The fourth-order valence-corrected chi connectivity index (χ4v) is 2.14. The standard InChI is InChI=1S/C15H16ClNO/c1-18-15-8-7-13(9-14(15)16)11-17-10-12-5-3-2-4-6-12/h2-9,17H,10-11H2,1H3/p+1. The van der Waals surface area contributed by atoms with E-state index in [4.69, 9.17) is 16.3 Å². The van der Waals surface area contributed by atoms with Gasteiger partial charge in [0.2, 0.25) is 0 Å². The Bertz CT molecular complexity index is 499. The van der Waals surface area contributed by atoms with E-state index in [1.807, 2.05) is 24.3 Å². The van der Waals surface area contributed by atoms with Crippen LogP contribution in [-0.2, 0) is 13.1 Å². The van der Waals surface area contributed by atoms with Crippen molar-refractivity contribution in [2.75, 3.05) is 7.11 Å². The second-order valence-electron chi connectivity index (χ2n) is 4.15. The highest BCUT2D eigenvalue weighted by Gasteiger charge is 2.03. The summed E-state index contributed by atoms with van der Waals surface area (Å²) in [6.07, 6.45) is 0. The summed E-state index contributed by atoms with van der Waals surface area (Å²) in [4.78, 5) is 0. The highest BCUT2D eigenvalue weighted by atomic mass is 35.5. The summed E-state index contributed by atoms with van der Waals surface area (Å²) in [5.74, 6) is 0.725. The fourth-order valence-electron chi connectivity index (χ4n) is 1.86. The molecule has 0 unspecified atom stereocenters. The van der Waals surface area contributed by atoms with Gasteiger partial charge in [0.15, 0.2) is 0 Å². The highest BCUT2D eigenvalue weighted by molar-refractivity contribution is 6.32. The van der Waals surface area contributed by atoms with Gasteiger partial charge in [0.1, 0.15) is 18.8 Å². The van der Waals surface area contributed by atoms with E-state index in [0.717, 1.165) is 18.8 Å². The van der Waals surface area contributed by atoms with Crippen LogP contribution >= 0.6 is 11.6 Å². The van der Waals surface area contributed by atoms with Gasteiger partial charge in [-0.1, -0.05) is 41.9 Å². The van der Waals surface area contributed by atoms with Crippen LogP contribution in [0.2, 0.25) is 5.02 Å². The van der Waals surface area contributed by atoms with Crippen LogP contribution < -0.4 is 10.1 Å². The summed E-state index contributed by atoms with van der Waals surface area (Å²) < 4.78 is 5.13. The SMILES string of the molecule is COc1ccc(C[NH2+]Cc2ccccc2)cc1Cl. The Hall–Kier alpha value is -1.51. The third-order valence-corrected chi connectivity index (χ3v) is 3.11. The Morgan fingerprint density at radius 3 is 2.39 bits per heavy atom. The summed E-state index contributed by atoms with van der Waals surface area (Å²) in [5.41, 5.74) is 2.54. The first kappa shape index (κ1) is 12.9. The van der Waals surface area contributed by atoms with Crippen LogP contribution in [-0.4, -0.2) is 7.11 Å². The number of halogens is 1. The molecule has 0 aliphatic heterocycles. The molecule has 0 atom stereocenters. The zero-order valence-corrected chi connectivity index (χ0v) is 11.2. The number of ether oxygens (including phenoxy) is 1. The molecule has 0 amide bonds. The number of quaternary nitrogens is 1. The van der Waals surface area contributed by atoms with Crippen LogP contribution in [0.1, 0.15) is 11.1 Å². The summed E-state index contributed by atoms with van der Waals surface area (Å²) in [6.45, 7) is 1.89. The molecule has 0 spiro atoms. The smallest absolute Gasteiger partial charge is 0.137 e. The van der Waals surface area contributed by atoms with Crippen LogP contribution in [0.5, 0.6) is 5.75 Å². The molecule has 2 rings (SSSR count). The molecule has 0 aliphatic rings. The average molecular weight is 263 g/mol. The van der Waals surface area contributed by atoms with Gasteiger partial charge in [-0.3, -0.25) is 0 Å². The van der Waals surface area contributed by atoms with Gasteiger partial charge < -0.3 is 10.1 Å². The maximum Gasteiger partial charge on any atom is 0.137 e. The lowest BCUT2D eigenvalue weighted by atomic mass is 10.2. The lowest BCUT2D eigenvalue weighted by Gasteiger charge is -2.06. The topological polar surface area (TPSA) is 25.8 Å². The molecule has 0 saturated carbocycles. The van der Waals surface area contributed by atoms with E-state index in [-0.39, 0.29) is 0 Å². The van der Waals surface area contributed by atoms with Crippen molar-refractivity contribution in [1.82, 2.24) is 0 Å². The zero-order chi connectivity index (χ0) is 12.8. The maximum atomic E-state index is 6.09. The Morgan fingerprint density at radius 1 is 1.00 bits per heavy atom. The maximum absolute atomic E-state index is 6.09. The molecule has 0 fully saturated rings. The highest BCUT2D eigenvalue weighted by Crippen LogP contribution is 2.24. The lowest BCUT2D eigenvalue weighted by Crippen LogP contribution is -2.80. The van der Waals surface area contributed by atoms with Gasteiger partial charge in [0.05, 0.1) is 12.1 Å². The normalized spacial score (nSPS) is 10.3. The largest absolute Gasteiger partial charge is 0.495 e. The third kappa shape index (κ3) is 3.49. The second kappa shape index (κ2) is 6.43. The molecule has 18 heavy (non-hydrogen) atoms. The van der Waals surface area contributed by atoms with E-state index in [2.05, 4.69) is 29.6 Å². The molecule has 2 aromatic rings. The van der Waals surface area contributed by atoms with E-state index in [1.165, 1.54) is 11.1 Å². The predicted octanol–water partition coefficient (Wildman–Crippen LogP) is 2.61. The molecule has 0 radical (unpaired) electrons. The molecule has 0 aromatic heterocycles. The van der Waals surface area contributed by atoms with Crippen LogP contribution in [0.3, 0.4) is 0 Å². The number of hydrogen-bond acceptors (Lipinski definition) is 1. The number of methoxy groups -OCH3 is 1. The molecule has 3 heteroatoms. The van der Waals surface area contributed by atoms with E-state index in [0.29, 0.717) is 5.02 Å². The Labute approximate surface area is 113 Å². The average Bonchev–Trinajstić information content (AvgIpc) is 2.40. The minimum absolute atomic E-state index is 0.670. The van der Waals surface area contributed by atoms with Crippen molar-refractivity contribution >= 4 is 11.6 Å². The first-order chi connectivity index (χ1) is 8.79. The molecule has 0 aliphatic carbocycles. The predicted molar refractivity (Wildman–Crippen MR) is 73.8 cm³/mol. The third-order valence-electron chi connectivity index (χ3n) is 2.82. The van der Waals surface area contributed by atoms with Crippen molar-refractivity contribution in [3.8, 4) is 5.75 Å². The van der Waals surface area contributed by atoms with Crippen LogP contribution in [0.4, 0.5) is 0 Å². The minimum atomic E-state index is 0.670. The van der Waals surface area contributed by atoms with Gasteiger partial charge in [-0.15, -0.1) is 0 Å². The monoisotopic (exact) mass is 262 g/mol. The summed E-state index contributed by atoms with van der Waals surface area (Å²) in [5, 5.41) is 2.93. The fraction of sp³-hybridized carbons (Fsp3) is 0.200. The molecule has 0 saturated heterocycles. The molecule has 2 nitrogen and oxygen atoms in total. The molecule has 0 heterocycles. The molecule has 94 valence electrons. The van der Waals surface area contributed by atoms with Crippen molar-refractivity contribution < 1.29 is 10.1 Å². The van der Waals surface area contributed by atoms with Crippen molar-refractivity contribution in [2.24, 2.45) is 0 Å². The van der Waals surface area contributed by atoms with Crippen molar-refractivity contribution in [3.63, 3.8) is 0 Å². The molecule has 0 bridgehead atoms. The second-order valence-corrected chi connectivity index (χ2v) is 4.56. The molecular formula is C15H17ClNO+. The van der Waals surface area contributed by atoms with Gasteiger partial charge in [-0.25, -0.2) is 0 Å². The molecule has 2 N–H and O–H groups in total. The van der Waals surface area contributed by atoms with Crippen molar-refractivity contribution in [1.29, 1.82) is 0 Å². The van der Waals surface area contributed by atoms with E-state index < -0.39 is 0 Å². The quantitative estimate of drug-likeness (QED) is 0.881.